The summed E-state index contributed by atoms with van der Waals surface area (Å²) >= 11 is 0. The Hall–Kier alpha value is -4.16. The second-order valence-corrected chi connectivity index (χ2v) is 8.80. The molecule has 1 aliphatic rings. The maximum atomic E-state index is 15.0. The summed E-state index contributed by atoms with van der Waals surface area (Å²) in [6.45, 7) is 4.68. The fourth-order valence-corrected chi connectivity index (χ4v) is 4.35. The molecule has 2 aromatic carbocycles. The minimum Gasteiger partial charge on any atom is -0.493 e. The van der Waals surface area contributed by atoms with Crippen molar-refractivity contribution in [3.63, 3.8) is 0 Å². The molecule has 1 aliphatic heterocycles. The molecule has 2 aromatic heterocycles. The largest absolute Gasteiger partial charge is 0.493 e. The molecular weight excluding hydrogens is 496 g/mol. The lowest BCUT2D eigenvalue weighted by Crippen LogP contribution is -2.37. The van der Waals surface area contributed by atoms with Crippen LogP contribution in [0.1, 0.15) is 6.42 Å². The first kappa shape index (κ1) is 25.5. The fraction of sp³-hybridized carbons (Fsp3) is 0.308. The number of hydrogen-bond acceptors (Lipinski definition) is 8. The van der Waals surface area contributed by atoms with Crippen LogP contribution in [0.15, 0.2) is 55.1 Å². The number of nitrogens with zero attached hydrogens (tertiary/aromatic N) is 6. The zero-order chi connectivity index (χ0) is 26.5. The number of aromatic nitrogens is 4. The van der Waals surface area contributed by atoms with Gasteiger partial charge in [-0.2, -0.15) is 5.10 Å². The Kier molecular flexibility index (Phi) is 7.70. The van der Waals surface area contributed by atoms with Crippen LogP contribution in [0.2, 0.25) is 0 Å². The average Bonchev–Trinajstić information content (AvgIpc) is 3.37. The Morgan fingerprint density at radius 3 is 2.82 bits per heavy atom. The quantitative estimate of drug-likeness (QED) is 0.316. The van der Waals surface area contributed by atoms with Crippen LogP contribution in [-0.2, 0) is 16.1 Å². The van der Waals surface area contributed by atoms with Crippen molar-refractivity contribution >= 4 is 34.0 Å². The predicted octanol–water partition coefficient (Wildman–Crippen LogP) is 3.16. The van der Waals surface area contributed by atoms with E-state index in [0.717, 1.165) is 45.3 Å². The predicted molar refractivity (Wildman–Crippen MR) is 136 cm³/mol. The summed E-state index contributed by atoms with van der Waals surface area (Å²) in [5.41, 5.74) is 6.13. The molecule has 0 atom stereocenters. The summed E-state index contributed by atoms with van der Waals surface area (Å²) < 4.78 is 41.9. The molecule has 3 heterocycles. The van der Waals surface area contributed by atoms with Gasteiger partial charge < -0.3 is 15.2 Å². The highest BCUT2D eigenvalue weighted by Crippen LogP contribution is 2.39. The monoisotopic (exact) mass is 523 g/mol. The molecule has 2 N–H and O–H groups in total. The number of carbonyl (C=O) groups is 1. The van der Waals surface area contributed by atoms with Gasteiger partial charge in [-0.3, -0.25) is 19.3 Å². The van der Waals surface area contributed by atoms with Gasteiger partial charge in [0, 0.05) is 37.3 Å². The Bertz CT molecular complexity index is 1430. The molecule has 0 unspecified atom stereocenters. The van der Waals surface area contributed by atoms with Gasteiger partial charge in [-0.1, -0.05) is 6.07 Å². The van der Waals surface area contributed by atoms with E-state index in [2.05, 4.69) is 20.0 Å². The SMILES string of the molecule is NC(=O)Cn1cc(N(c2cccc(F)c2F)c2ncnc3cc(OCCCN4CCOCC4)ccc23)cn1. The van der Waals surface area contributed by atoms with Crippen molar-refractivity contribution in [2.45, 2.75) is 13.0 Å². The number of rotatable bonds is 10. The zero-order valence-corrected chi connectivity index (χ0v) is 20.6. The molecule has 198 valence electrons. The molecule has 0 bridgehead atoms. The Morgan fingerprint density at radius 2 is 2.00 bits per heavy atom. The highest BCUT2D eigenvalue weighted by atomic mass is 19.2. The number of ether oxygens (including phenoxy) is 2. The van der Waals surface area contributed by atoms with Crippen molar-refractivity contribution in [3.05, 3.63) is 66.8 Å². The Balaban J connectivity index is 1.43. The van der Waals surface area contributed by atoms with E-state index in [-0.39, 0.29) is 12.2 Å². The number of morpholine rings is 1. The number of benzene rings is 2. The molecular formula is C26H27F2N7O3. The number of amides is 1. The number of halogens is 2. The average molecular weight is 524 g/mol. The summed E-state index contributed by atoms with van der Waals surface area (Å²) in [5, 5.41) is 4.72. The van der Waals surface area contributed by atoms with E-state index in [9.17, 15) is 9.18 Å². The molecule has 0 aliphatic carbocycles. The van der Waals surface area contributed by atoms with Crippen LogP contribution in [0.25, 0.3) is 10.9 Å². The van der Waals surface area contributed by atoms with Gasteiger partial charge in [-0.05, 0) is 30.7 Å². The van der Waals surface area contributed by atoms with Crippen LogP contribution in [-0.4, -0.2) is 70.0 Å². The number of fused-ring (bicyclic) bond motifs is 1. The molecule has 10 nitrogen and oxygen atoms in total. The Labute approximate surface area is 217 Å². The lowest BCUT2D eigenvalue weighted by Gasteiger charge is -2.26. The van der Waals surface area contributed by atoms with Crippen molar-refractivity contribution in [2.75, 3.05) is 44.4 Å². The van der Waals surface area contributed by atoms with Gasteiger partial charge in [0.15, 0.2) is 11.6 Å². The van der Waals surface area contributed by atoms with Crippen LogP contribution in [0.4, 0.5) is 26.0 Å². The van der Waals surface area contributed by atoms with Crippen molar-refractivity contribution in [1.29, 1.82) is 0 Å². The number of nitrogens with two attached hydrogens (primary N) is 1. The van der Waals surface area contributed by atoms with Gasteiger partial charge in [0.05, 0.1) is 42.9 Å². The Morgan fingerprint density at radius 1 is 1.16 bits per heavy atom. The second-order valence-electron chi connectivity index (χ2n) is 8.80. The minimum atomic E-state index is -1.05. The summed E-state index contributed by atoms with van der Waals surface area (Å²) in [6.07, 6.45) is 5.15. The maximum absolute atomic E-state index is 15.0. The van der Waals surface area contributed by atoms with Crippen molar-refractivity contribution < 1.29 is 23.0 Å². The van der Waals surface area contributed by atoms with Gasteiger partial charge in [-0.15, -0.1) is 0 Å². The van der Waals surface area contributed by atoms with Crippen LogP contribution in [0.5, 0.6) is 5.75 Å². The fourth-order valence-electron chi connectivity index (χ4n) is 4.35. The summed E-state index contributed by atoms with van der Waals surface area (Å²) in [6, 6.07) is 9.23. The molecule has 1 saturated heterocycles. The summed E-state index contributed by atoms with van der Waals surface area (Å²) in [7, 11) is 0. The van der Waals surface area contributed by atoms with Crippen LogP contribution < -0.4 is 15.4 Å². The first-order valence-electron chi connectivity index (χ1n) is 12.2. The highest BCUT2D eigenvalue weighted by molar-refractivity contribution is 5.95. The minimum absolute atomic E-state index is 0.0768. The van der Waals surface area contributed by atoms with E-state index >= 15 is 4.39 Å². The maximum Gasteiger partial charge on any atom is 0.239 e. The van der Waals surface area contributed by atoms with Crippen molar-refractivity contribution in [1.82, 2.24) is 24.6 Å². The molecule has 1 fully saturated rings. The number of carbonyl (C=O) groups excluding carboxylic acids is 1. The number of hydrogen-bond donors (Lipinski definition) is 1. The molecule has 5 rings (SSSR count). The van der Waals surface area contributed by atoms with Gasteiger partial charge in [0.25, 0.3) is 0 Å². The van der Waals surface area contributed by atoms with E-state index in [1.54, 1.807) is 18.2 Å². The standard InChI is InChI=1S/C26H27F2N7O3/c27-21-3-1-4-23(25(21)28)35(18-14-32-34(15-18)16-24(29)36)26-20-6-5-19(13-22(20)30-17-31-26)38-10-2-7-33-8-11-37-12-9-33/h1,3-6,13-15,17H,2,7-12,16H2,(H2,29,36). The molecule has 1 amide bonds. The third-order valence-electron chi connectivity index (χ3n) is 6.16. The zero-order valence-electron chi connectivity index (χ0n) is 20.6. The smallest absolute Gasteiger partial charge is 0.239 e. The highest BCUT2D eigenvalue weighted by Gasteiger charge is 2.23. The number of anilines is 3. The van der Waals surface area contributed by atoms with E-state index < -0.39 is 17.5 Å². The van der Waals surface area contributed by atoms with Gasteiger partial charge >= 0.3 is 0 Å². The molecule has 0 radical (unpaired) electrons. The molecule has 12 heteroatoms. The lowest BCUT2D eigenvalue weighted by atomic mass is 10.2. The van der Waals surface area contributed by atoms with E-state index in [1.807, 2.05) is 0 Å². The third kappa shape index (κ3) is 5.71. The van der Waals surface area contributed by atoms with Crippen molar-refractivity contribution in [3.8, 4) is 5.75 Å². The van der Waals surface area contributed by atoms with Gasteiger partial charge in [0.1, 0.15) is 24.4 Å². The van der Waals surface area contributed by atoms with Gasteiger partial charge in [-0.25, -0.2) is 18.7 Å². The second kappa shape index (κ2) is 11.5. The first-order valence-corrected chi connectivity index (χ1v) is 12.2. The van der Waals surface area contributed by atoms with Crippen molar-refractivity contribution in [2.24, 2.45) is 5.73 Å². The molecule has 38 heavy (non-hydrogen) atoms. The summed E-state index contributed by atoms with van der Waals surface area (Å²) in [4.78, 5) is 23.9. The topological polar surface area (TPSA) is 112 Å². The van der Waals surface area contributed by atoms with E-state index in [4.69, 9.17) is 15.2 Å². The number of primary amides is 1. The van der Waals surface area contributed by atoms with Crippen LogP contribution in [0.3, 0.4) is 0 Å². The van der Waals surface area contributed by atoms with E-state index in [1.165, 1.54) is 40.4 Å². The van der Waals surface area contributed by atoms with Crippen LogP contribution in [0, 0.1) is 11.6 Å². The molecule has 0 spiro atoms. The third-order valence-corrected chi connectivity index (χ3v) is 6.16. The van der Waals surface area contributed by atoms with Crippen LogP contribution >= 0.6 is 0 Å². The molecule has 4 aromatic rings. The molecule has 0 saturated carbocycles. The van der Waals surface area contributed by atoms with Gasteiger partial charge in [0.2, 0.25) is 5.91 Å². The lowest BCUT2D eigenvalue weighted by molar-refractivity contribution is -0.118. The summed E-state index contributed by atoms with van der Waals surface area (Å²) in [5.74, 6) is -1.71. The van der Waals surface area contributed by atoms with E-state index in [0.29, 0.717) is 34.8 Å². The first-order chi connectivity index (χ1) is 18.5. The normalized spacial score (nSPS) is 14.1.